The molecule has 0 aliphatic carbocycles. The minimum Gasteiger partial charge on any atom is -0.493 e. The predicted octanol–water partition coefficient (Wildman–Crippen LogP) is 4.16. The molecule has 2 aromatic carbocycles. The van der Waals surface area contributed by atoms with E-state index in [1.807, 2.05) is 48.7 Å². The number of benzene rings is 2. The molecule has 0 atom stereocenters. The fraction of sp³-hybridized carbons (Fsp3) is 0.250. The van der Waals surface area contributed by atoms with Crippen molar-refractivity contribution in [3.63, 3.8) is 0 Å². The van der Waals surface area contributed by atoms with E-state index < -0.39 is 12.6 Å². The molecule has 162 valence electrons. The number of esters is 1. The average molecular weight is 423 g/mol. The molecule has 0 radical (unpaired) electrons. The maximum Gasteiger partial charge on any atom is 0.340 e. The zero-order chi connectivity index (χ0) is 22.5. The third-order valence-corrected chi connectivity index (χ3v) is 4.99. The van der Waals surface area contributed by atoms with Crippen LogP contribution in [0.15, 0.2) is 48.5 Å². The van der Waals surface area contributed by atoms with E-state index >= 15 is 0 Å². The van der Waals surface area contributed by atoms with E-state index in [9.17, 15) is 9.59 Å². The molecular weight excluding hydrogens is 398 g/mol. The van der Waals surface area contributed by atoms with Crippen molar-refractivity contribution < 1.29 is 28.5 Å². The van der Waals surface area contributed by atoms with Gasteiger partial charge in [0.1, 0.15) is 0 Å². The Morgan fingerprint density at radius 1 is 0.871 bits per heavy atom. The topological polar surface area (TPSA) is 76.0 Å². The molecule has 0 fully saturated rings. The molecule has 0 saturated carbocycles. The number of ketones is 1. The van der Waals surface area contributed by atoms with Crippen LogP contribution in [0.1, 0.15) is 32.1 Å². The lowest BCUT2D eigenvalue weighted by molar-refractivity contribution is 0.0474. The normalized spacial score (nSPS) is 10.5. The lowest BCUT2D eigenvalue weighted by Crippen LogP contribution is -2.15. The number of rotatable bonds is 8. The zero-order valence-electron chi connectivity index (χ0n) is 18.2. The highest BCUT2D eigenvalue weighted by atomic mass is 16.5. The Balaban J connectivity index is 1.78. The lowest BCUT2D eigenvalue weighted by Gasteiger charge is -2.13. The number of Topliss-reactive ketones (excluding diaryl/α,β-unsaturated/α-hetero) is 1. The number of carbonyl (C=O) groups excluding carboxylic acids is 2. The summed E-state index contributed by atoms with van der Waals surface area (Å²) in [4.78, 5) is 25.3. The van der Waals surface area contributed by atoms with E-state index in [0.29, 0.717) is 22.8 Å². The molecule has 0 saturated heterocycles. The van der Waals surface area contributed by atoms with Crippen LogP contribution in [0.4, 0.5) is 0 Å². The van der Waals surface area contributed by atoms with Gasteiger partial charge in [0.25, 0.3) is 0 Å². The van der Waals surface area contributed by atoms with Crippen molar-refractivity contribution in [3.8, 4) is 22.9 Å². The van der Waals surface area contributed by atoms with Gasteiger partial charge in [-0.25, -0.2) is 4.79 Å². The number of hydrogen-bond acceptors (Lipinski definition) is 6. The SMILES string of the molecule is COc1cc(C(=O)COC(=O)c2cc(C)n(-c3ccccc3)c2C)cc(OC)c1OC. The molecule has 7 nitrogen and oxygen atoms in total. The van der Waals surface area contributed by atoms with Gasteiger partial charge in [-0.15, -0.1) is 0 Å². The van der Waals surface area contributed by atoms with Crippen molar-refractivity contribution in [2.24, 2.45) is 0 Å². The second-order valence-electron chi connectivity index (χ2n) is 6.87. The summed E-state index contributed by atoms with van der Waals surface area (Å²) in [7, 11) is 4.41. The van der Waals surface area contributed by atoms with Crippen molar-refractivity contribution >= 4 is 11.8 Å². The second kappa shape index (κ2) is 9.38. The fourth-order valence-corrected chi connectivity index (χ4v) is 3.48. The number of ether oxygens (including phenoxy) is 4. The first-order valence-electron chi connectivity index (χ1n) is 9.66. The molecule has 7 heteroatoms. The molecule has 1 heterocycles. The second-order valence-corrected chi connectivity index (χ2v) is 6.87. The number of carbonyl (C=O) groups is 2. The number of nitrogens with zero attached hydrogens (tertiary/aromatic N) is 1. The molecular formula is C24H25NO6. The number of aromatic nitrogens is 1. The van der Waals surface area contributed by atoms with Gasteiger partial charge < -0.3 is 23.5 Å². The molecule has 1 aromatic heterocycles. The van der Waals surface area contributed by atoms with E-state index in [1.54, 1.807) is 6.07 Å². The van der Waals surface area contributed by atoms with Crippen LogP contribution in [0.3, 0.4) is 0 Å². The summed E-state index contributed by atoms with van der Waals surface area (Å²) in [6.45, 7) is 3.35. The molecule has 0 aliphatic rings. The standard InChI is InChI=1S/C24H25NO6/c1-15-11-19(16(2)25(15)18-9-7-6-8-10-18)24(27)31-14-20(26)17-12-21(28-3)23(30-5)22(13-17)29-4/h6-13H,14H2,1-5H3. The molecule has 0 bridgehead atoms. The summed E-state index contributed by atoms with van der Waals surface area (Å²) < 4.78 is 23.1. The number of methoxy groups -OCH3 is 3. The molecule has 0 spiro atoms. The molecule has 0 unspecified atom stereocenters. The maximum atomic E-state index is 12.7. The Morgan fingerprint density at radius 3 is 2.03 bits per heavy atom. The number of hydrogen-bond donors (Lipinski definition) is 0. The number of para-hydroxylation sites is 1. The van der Waals surface area contributed by atoms with E-state index in [4.69, 9.17) is 18.9 Å². The van der Waals surface area contributed by atoms with Gasteiger partial charge in [0.05, 0.1) is 26.9 Å². The van der Waals surface area contributed by atoms with E-state index in [-0.39, 0.29) is 11.3 Å². The highest BCUT2D eigenvalue weighted by molar-refractivity contribution is 6.00. The molecule has 3 rings (SSSR count). The Bertz CT molecular complexity index is 1080. The van der Waals surface area contributed by atoms with Crippen molar-refractivity contribution in [3.05, 3.63) is 71.0 Å². The predicted molar refractivity (Wildman–Crippen MR) is 116 cm³/mol. The summed E-state index contributed by atoms with van der Waals surface area (Å²) in [6.07, 6.45) is 0. The molecule has 0 amide bonds. The summed E-state index contributed by atoms with van der Waals surface area (Å²) in [5, 5.41) is 0. The van der Waals surface area contributed by atoms with Gasteiger partial charge in [-0.05, 0) is 44.2 Å². The van der Waals surface area contributed by atoms with Crippen molar-refractivity contribution in [1.29, 1.82) is 0 Å². The van der Waals surface area contributed by atoms with Crippen LogP contribution in [0.5, 0.6) is 17.2 Å². The van der Waals surface area contributed by atoms with Crippen LogP contribution in [0, 0.1) is 13.8 Å². The van der Waals surface area contributed by atoms with Crippen molar-refractivity contribution in [1.82, 2.24) is 4.57 Å². The van der Waals surface area contributed by atoms with Gasteiger partial charge in [0, 0.05) is 22.6 Å². The lowest BCUT2D eigenvalue weighted by atomic mass is 10.1. The molecule has 3 aromatic rings. The highest BCUT2D eigenvalue weighted by Crippen LogP contribution is 2.38. The highest BCUT2D eigenvalue weighted by Gasteiger charge is 2.21. The van der Waals surface area contributed by atoms with Gasteiger partial charge in [0.2, 0.25) is 11.5 Å². The monoisotopic (exact) mass is 423 g/mol. The van der Waals surface area contributed by atoms with Gasteiger partial charge in [0.15, 0.2) is 18.1 Å². The van der Waals surface area contributed by atoms with Crippen LogP contribution in [0.2, 0.25) is 0 Å². The largest absolute Gasteiger partial charge is 0.493 e. The Hall–Kier alpha value is -3.74. The van der Waals surface area contributed by atoms with E-state index in [2.05, 4.69) is 0 Å². The molecule has 0 N–H and O–H groups in total. The Kier molecular flexibility index (Phi) is 6.65. The molecule has 0 aliphatic heterocycles. The molecule has 31 heavy (non-hydrogen) atoms. The summed E-state index contributed by atoms with van der Waals surface area (Å²) >= 11 is 0. The summed E-state index contributed by atoms with van der Waals surface area (Å²) in [6, 6.07) is 14.5. The third kappa shape index (κ3) is 4.40. The third-order valence-electron chi connectivity index (χ3n) is 4.99. The average Bonchev–Trinajstić information content (AvgIpc) is 3.10. The quantitative estimate of drug-likeness (QED) is 0.400. The van der Waals surface area contributed by atoms with Crippen LogP contribution >= 0.6 is 0 Å². The van der Waals surface area contributed by atoms with Gasteiger partial charge in [-0.1, -0.05) is 18.2 Å². The van der Waals surface area contributed by atoms with Crippen molar-refractivity contribution in [2.45, 2.75) is 13.8 Å². The van der Waals surface area contributed by atoms with Crippen LogP contribution in [-0.2, 0) is 4.74 Å². The minimum atomic E-state index is -0.559. The zero-order valence-corrected chi connectivity index (χ0v) is 18.2. The number of aryl methyl sites for hydroxylation is 1. The van der Waals surface area contributed by atoms with Gasteiger partial charge >= 0.3 is 5.97 Å². The first kappa shape index (κ1) is 22.0. The van der Waals surface area contributed by atoms with Crippen molar-refractivity contribution in [2.75, 3.05) is 27.9 Å². The summed E-state index contributed by atoms with van der Waals surface area (Å²) in [5.41, 5.74) is 3.29. The van der Waals surface area contributed by atoms with Crippen LogP contribution < -0.4 is 14.2 Å². The summed E-state index contributed by atoms with van der Waals surface area (Å²) in [5.74, 6) is 0.137. The first-order valence-corrected chi connectivity index (χ1v) is 9.66. The maximum absolute atomic E-state index is 12.7. The fourth-order valence-electron chi connectivity index (χ4n) is 3.48. The minimum absolute atomic E-state index is 0.289. The smallest absolute Gasteiger partial charge is 0.340 e. The van der Waals surface area contributed by atoms with E-state index in [0.717, 1.165) is 17.1 Å². The van der Waals surface area contributed by atoms with Crippen LogP contribution in [-0.4, -0.2) is 44.3 Å². The Labute approximate surface area is 181 Å². The first-order chi connectivity index (χ1) is 14.9. The van der Waals surface area contributed by atoms with Crippen LogP contribution in [0.25, 0.3) is 5.69 Å². The van der Waals surface area contributed by atoms with Gasteiger partial charge in [-0.2, -0.15) is 0 Å². The Morgan fingerprint density at radius 2 is 1.48 bits per heavy atom. The van der Waals surface area contributed by atoms with E-state index in [1.165, 1.54) is 33.5 Å². The van der Waals surface area contributed by atoms with Gasteiger partial charge in [-0.3, -0.25) is 4.79 Å².